The predicted octanol–water partition coefficient (Wildman–Crippen LogP) is 4.03. The summed E-state index contributed by atoms with van der Waals surface area (Å²) in [5, 5.41) is 4.03. The van der Waals surface area contributed by atoms with Crippen LogP contribution in [0.2, 0.25) is 5.02 Å². The van der Waals surface area contributed by atoms with Gasteiger partial charge in [-0.25, -0.2) is 4.39 Å². The van der Waals surface area contributed by atoms with Gasteiger partial charge in [0.1, 0.15) is 5.82 Å². The molecule has 1 atom stereocenters. The van der Waals surface area contributed by atoms with Crippen molar-refractivity contribution in [2.24, 2.45) is 0 Å². The summed E-state index contributed by atoms with van der Waals surface area (Å²) in [7, 11) is 0. The molecule has 0 bridgehead atoms. The van der Waals surface area contributed by atoms with E-state index in [2.05, 4.69) is 17.2 Å². The highest BCUT2D eigenvalue weighted by Gasteiger charge is 2.12. The number of hydrogen-bond donors (Lipinski definition) is 1. The maximum Gasteiger partial charge on any atom is 0.124 e. The number of benzene rings is 1. The van der Waals surface area contributed by atoms with Crippen molar-refractivity contribution in [1.29, 1.82) is 0 Å². The summed E-state index contributed by atoms with van der Waals surface area (Å²) in [5.74, 6) is -0.295. The Kier molecular flexibility index (Phi) is 6.15. The van der Waals surface area contributed by atoms with Gasteiger partial charge in [0.15, 0.2) is 0 Å². The van der Waals surface area contributed by atoms with Crippen LogP contribution >= 0.6 is 11.6 Å². The molecular formula is C17H20ClFN2. The van der Waals surface area contributed by atoms with Crippen molar-refractivity contribution in [3.63, 3.8) is 0 Å². The van der Waals surface area contributed by atoms with Gasteiger partial charge in [0.05, 0.1) is 0 Å². The maximum absolute atomic E-state index is 13.1. The van der Waals surface area contributed by atoms with E-state index in [9.17, 15) is 4.39 Å². The lowest BCUT2D eigenvalue weighted by molar-refractivity contribution is 0.504. The molecule has 0 fully saturated rings. The quantitative estimate of drug-likeness (QED) is 0.835. The summed E-state index contributed by atoms with van der Waals surface area (Å²) >= 11 is 6.13. The van der Waals surface area contributed by atoms with Crippen LogP contribution in [-0.4, -0.2) is 17.6 Å². The van der Waals surface area contributed by atoms with Gasteiger partial charge in [-0.3, -0.25) is 4.98 Å². The second-order valence-corrected chi connectivity index (χ2v) is 5.56. The summed E-state index contributed by atoms with van der Waals surface area (Å²) in [6.07, 6.45) is 6.36. The summed E-state index contributed by atoms with van der Waals surface area (Å²) in [4.78, 5) is 4.04. The number of aromatic nitrogens is 1. The Hall–Kier alpha value is -1.45. The molecule has 0 saturated carbocycles. The predicted molar refractivity (Wildman–Crippen MR) is 85.1 cm³/mol. The van der Waals surface area contributed by atoms with Crippen molar-refractivity contribution in [2.45, 2.75) is 32.2 Å². The minimum Gasteiger partial charge on any atom is -0.313 e. The molecule has 21 heavy (non-hydrogen) atoms. The van der Waals surface area contributed by atoms with Gasteiger partial charge in [-0.1, -0.05) is 24.6 Å². The van der Waals surface area contributed by atoms with E-state index in [0.717, 1.165) is 31.4 Å². The van der Waals surface area contributed by atoms with Crippen LogP contribution in [0.15, 0.2) is 42.7 Å². The Balaban J connectivity index is 2.08. The van der Waals surface area contributed by atoms with Crippen molar-refractivity contribution >= 4 is 11.6 Å². The Morgan fingerprint density at radius 3 is 2.62 bits per heavy atom. The lowest BCUT2D eigenvalue weighted by atomic mass is 9.99. The van der Waals surface area contributed by atoms with Crippen LogP contribution in [0.1, 0.15) is 24.5 Å². The van der Waals surface area contributed by atoms with E-state index in [0.29, 0.717) is 5.02 Å². The zero-order chi connectivity index (χ0) is 15.1. The summed E-state index contributed by atoms with van der Waals surface area (Å²) in [5.41, 5.74) is 2.21. The molecule has 0 aliphatic rings. The lowest BCUT2D eigenvalue weighted by Crippen LogP contribution is -2.34. The summed E-state index contributed by atoms with van der Waals surface area (Å²) in [6, 6.07) is 8.92. The first-order valence-electron chi connectivity index (χ1n) is 7.25. The molecule has 0 radical (unpaired) electrons. The fourth-order valence-electron chi connectivity index (χ4n) is 2.32. The average molecular weight is 307 g/mol. The van der Waals surface area contributed by atoms with Crippen LogP contribution in [0.5, 0.6) is 0 Å². The van der Waals surface area contributed by atoms with E-state index in [1.165, 1.54) is 17.7 Å². The molecule has 0 aliphatic carbocycles. The second-order valence-electron chi connectivity index (χ2n) is 5.15. The topological polar surface area (TPSA) is 24.9 Å². The van der Waals surface area contributed by atoms with E-state index >= 15 is 0 Å². The number of pyridine rings is 1. The Morgan fingerprint density at radius 2 is 1.95 bits per heavy atom. The van der Waals surface area contributed by atoms with Gasteiger partial charge >= 0.3 is 0 Å². The monoisotopic (exact) mass is 306 g/mol. The SMILES string of the molecule is CCCNC(Cc1ccncc1)Cc1ccc(F)cc1Cl. The molecule has 1 aromatic heterocycles. The minimum atomic E-state index is -0.295. The highest BCUT2D eigenvalue weighted by atomic mass is 35.5. The number of nitrogens with one attached hydrogen (secondary N) is 1. The van der Waals surface area contributed by atoms with E-state index < -0.39 is 0 Å². The van der Waals surface area contributed by atoms with Gasteiger partial charge in [-0.05, 0) is 61.2 Å². The van der Waals surface area contributed by atoms with Crippen LogP contribution in [-0.2, 0) is 12.8 Å². The van der Waals surface area contributed by atoms with Crippen molar-refractivity contribution in [2.75, 3.05) is 6.54 Å². The molecule has 1 unspecified atom stereocenters. The fraction of sp³-hybridized carbons (Fsp3) is 0.353. The fourth-order valence-corrected chi connectivity index (χ4v) is 2.57. The number of rotatable bonds is 7. The standard InChI is InChI=1S/C17H20ClFN2/c1-2-7-21-16(10-13-5-8-20-9-6-13)11-14-3-4-15(19)12-17(14)18/h3-6,8-9,12,16,21H,2,7,10-11H2,1H3. The zero-order valence-corrected chi connectivity index (χ0v) is 12.9. The molecule has 4 heteroatoms. The lowest BCUT2D eigenvalue weighted by Gasteiger charge is -2.19. The van der Waals surface area contributed by atoms with Crippen molar-refractivity contribution in [1.82, 2.24) is 10.3 Å². The van der Waals surface area contributed by atoms with Crippen LogP contribution in [0.3, 0.4) is 0 Å². The summed E-state index contributed by atoms with van der Waals surface area (Å²) < 4.78 is 13.1. The van der Waals surface area contributed by atoms with E-state index in [1.807, 2.05) is 12.1 Å². The molecule has 1 N–H and O–H groups in total. The molecule has 112 valence electrons. The second kappa shape index (κ2) is 8.11. The van der Waals surface area contributed by atoms with Gasteiger partial charge in [0.2, 0.25) is 0 Å². The normalized spacial score (nSPS) is 12.3. The molecule has 1 aromatic carbocycles. The Morgan fingerprint density at radius 1 is 1.19 bits per heavy atom. The first-order valence-corrected chi connectivity index (χ1v) is 7.63. The molecule has 0 amide bonds. The Bertz CT molecular complexity index is 560. The maximum atomic E-state index is 13.1. The third-order valence-electron chi connectivity index (χ3n) is 3.40. The molecule has 2 aromatic rings. The summed E-state index contributed by atoms with van der Waals surface area (Å²) in [6.45, 7) is 3.09. The number of hydrogen-bond acceptors (Lipinski definition) is 2. The van der Waals surface area contributed by atoms with Gasteiger partial charge < -0.3 is 5.32 Å². The smallest absolute Gasteiger partial charge is 0.124 e. The highest BCUT2D eigenvalue weighted by molar-refractivity contribution is 6.31. The van der Waals surface area contributed by atoms with Gasteiger partial charge in [-0.2, -0.15) is 0 Å². The molecule has 0 saturated heterocycles. The molecule has 2 rings (SSSR count). The minimum absolute atomic E-state index is 0.273. The van der Waals surface area contributed by atoms with Crippen LogP contribution < -0.4 is 5.32 Å². The highest BCUT2D eigenvalue weighted by Crippen LogP contribution is 2.20. The average Bonchev–Trinajstić information content (AvgIpc) is 2.48. The van der Waals surface area contributed by atoms with Crippen LogP contribution in [0, 0.1) is 5.82 Å². The number of nitrogens with zero attached hydrogens (tertiary/aromatic N) is 1. The van der Waals surface area contributed by atoms with Crippen molar-refractivity contribution in [3.05, 3.63) is 64.7 Å². The molecule has 0 spiro atoms. The first-order chi connectivity index (χ1) is 10.2. The third kappa shape index (κ3) is 5.10. The van der Waals surface area contributed by atoms with Crippen LogP contribution in [0.4, 0.5) is 4.39 Å². The van der Waals surface area contributed by atoms with Crippen molar-refractivity contribution < 1.29 is 4.39 Å². The van der Waals surface area contributed by atoms with Crippen LogP contribution in [0.25, 0.3) is 0 Å². The molecule has 1 heterocycles. The Labute approximate surface area is 130 Å². The zero-order valence-electron chi connectivity index (χ0n) is 12.2. The van der Waals surface area contributed by atoms with Gasteiger partial charge in [-0.15, -0.1) is 0 Å². The van der Waals surface area contributed by atoms with E-state index in [4.69, 9.17) is 11.6 Å². The number of halogens is 2. The molecule has 2 nitrogen and oxygen atoms in total. The third-order valence-corrected chi connectivity index (χ3v) is 3.75. The largest absolute Gasteiger partial charge is 0.313 e. The van der Waals surface area contributed by atoms with Gasteiger partial charge in [0, 0.05) is 23.5 Å². The van der Waals surface area contributed by atoms with E-state index in [1.54, 1.807) is 18.5 Å². The molecular weight excluding hydrogens is 287 g/mol. The van der Waals surface area contributed by atoms with E-state index in [-0.39, 0.29) is 11.9 Å². The first kappa shape index (κ1) is 15.9. The van der Waals surface area contributed by atoms with Gasteiger partial charge in [0.25, 0.3) is 0 Å². The molecule has 0 aliphatic heterocycles. The van der Waals surface area contributed by atoms with Crippen molar-refractivity contribution in [3.8, 4) is 0 Å².